The molecule has 5 nitrogen and oxygen atoms in total. The molecule has 0 saturated carbocycles. The molecule has 3 rings (SSSR count). The number of nitrogens with one attached hydrogen (secondary N) is 1. The zero-order valence-electron chi connectivity index (χ0n) is 15.2. The second kappa shape index (κ2) is 7.05. The molecule has 5 heteroatoms. The Morgan fingerprint density at radius 1 is 1.12 bits per heavy atom. The van der Waals surface area contributed by atoms with E-state index in [2.05, 4.69) is 23.2 Å². The summed E-state index contributed by atoms with van der Waals surface area (Å²) in [7, 11) is 3.29. The predicted molar refractivity (Wildman–Crippen MR) is 101 cm³/mol. The van der Waals surface area contributed by atoms with Crippen molar-refractivity contribution in [2.75, 3.05) is 31.0 Å². The lowest BCUT2D eigenvalue weighted by molar-refractivity contribution is -0.115. The number of benzene rings is 2. The molecular formula is C20H24N2O3. The van der Waals surface area contributed by atoms with Crippen LogP contribution in [-0.2, 0) is 11.3 Å². The van der Waals surface area contributed by atoms with Gasteiger partial charge in [0.05, 0.1) is 25.6 Å². The number of hydrogen-bond acceptors (Lipinski definition) is 4. The summed E-state index contributed by atoms with van der Waals surface area (Å²) in [6.45, 7) is 5.58. The summed E-state index contributed by atoms with van der Waals surface area (Å²) in [4.78, 5) is 14.2. The maximum absolute atomic E-state index is 11.9. The molecule has 0 unspecified atom stereocenters. The molecule has 0 bridgehead atoms. The molecule has 1 aliphatic rings. The van der Waals surface area contributed by atoms with E-state index < -0.39 is 0 Å². The van der Waals surface area contributed by atoms with E-state index in [9.17, 15) is 4.79 Å². The van der Waals surface area contributed by atoms with Crippen molar-refractivity contribution < 1.29 is 14.3 Å². The molecule has 0 aromatic heterocycles. The van der Waals surface area contributed by atoms with E-state index in [4.69, 9.17) is 9.47 Å². The fourth-order valence-corrected chi connectivity index (χ4v) is 3.30. The fourth-order valence-electron chi connectivity index (χ4n) is 3.30. The summed E-state index contributed by atoms with van der Waals surface area (Å²) in [5.41, 5.74) is 5.31. The van der Waals surface area contributed by atoms with Gasteiger partial charge in [-0.05, 0) is 36.2 Å². The average Bonchev–Trinajstić information content (AvgIpc) is 2.65. The first-order valence-electron chi connectivity index (χ1n) is 8.55. The summed E-state index contributed by atoms with van der Waals surface area (Å²) in [5.74, 6) is 1.46. The van der Waals surface area contributed by atoms with Crippen LogP contribution in [0.4, 0.5) is 11.4 Å². The van der Waals surface area contributed by atoms with Crippen LogP contribution in [-0.4, -0.2) is 26.7 Å². The van der Waals surface area contributed by atoms with Crippen molar-refractivity contribution in [1.82, 2.24) is 0 Å². The Hall–Kier alpha value is -2.69. The average molecular weight is 340 g/mol. The molecular weight excluding hydrogens is 316 g/mol. The molecule has 0 spiro atoms. The highest BCUT2D eigenvalue weighted by Gasteiger charge is 2.26. The van der Waals surface area contributed by atoms with Gasteiger partial charge in [0.25, 0.3) is 0 Å². The normalized spacial score (nSPS) is 12.2. The molecule has 2 aromatic rings. The number of anilines is 2. The zero-order valence-corrected chi connectivity index (χ0v) is 15.2. The van der Waals surface area contributed by atoms with E-state index in [-0.39, 0.29) is 5.91 Å². The Morgan fingerprint density at radius 2 is 1.84 bits per heavy atom. The van der Waals surface area contributed by atoms with Gasteiger partial charge in [-0.1, -0.05) is 19.1 Å². The third-order valence-electron chi connectivity index (χ3n) is 4.59. The van der Waals surface area contributed by atoms with Crippen molar-refractivity contribution in [3.8, 4) is 22.6 Å². The van der Waals surface area contributed by atoms with Gasteiger partial charge >= 0.3 is 0 Å². The lowest BCUT2D eigenvalue weighted by atomic mass is 9.92. The highest BCUT2D eigenvalue weighted by molar-refractivity contribution is 5.99. The Balaban J connectivity index is 2.19. The molecule has 1 aliphatic heterocycles. The van der Waals surface area contributed by atoms with E-state index in [1.165, 1.54) is 5.56 Å². The predicted octanol–water partition coefficient (Wildman–Crippen LogP) is 4.06. The molecule has 0 fully saturated rings. The van der Waals surface area contributed by atoms with E-state index in [1.54, 1.807) is 14.2 Å². The van der Waals surface area contributed by atoms with Crippen molar-refractivity contribution in [2.24, 2.45) is 0 Å². The Labute approximate surface area is 148 Å². The van der Waals surface area contributed by atoms with Crippen molar-refractivity contribution in [3.05, 3.63) is 35.9 Å². The lowest BCUT2D eigenvalue weighted by Crippen LogP contribution is -2.28. The minimum atomic E-state index is 0.0163. The molecule has 0 atom stereocenters. The van der Waals surface area contributed by atoms with Gasteiger partial charge in [0.1, 0.15) is 0 Å². The van der Waals surface area contributed by atoms with Gasteiger partial charge < -0.3 is 19.7 Å². The summed E-state index contributed by atoms with van der Waals surface area (Å²) in [6.07, 6.45) is 0.456. The van der Waals surface area contributed by atoms with Crippen LogP contribution in [0.1, 0.15) is 25.8 Å². The fraction of sp³-hybridized carbons (Fsp3) is 0.350. The van der Waals surface area contributed by atoms with Crippen molar-refractivity contribution in [2.45, 2.75) is 26.8 Å². The monoisotopic (exact) mass is 340 g/mol. The van der Waals surface area contributed by atoms with Gasteiger partial charge in [0.15, 0.2) is 11.5 Å². The van der Waals surface area contributed by atoms with Crippen molar-refractivity contribution in [1.29, 1.82) is 0 Å². The number of carbonyl (C=O) groups excluding carboxylic acids is 1. The minimum Gasteiger partial charge on any atom is -0.493 e. The van der Waals surface area contributed by atoms with Crippen LogP contribution in [0.2, 0.25) is 0 Å². The first kappa shape index (κ1) is 17.1. The third kappa shape index (κ3) is 3.02. The third-order valence-corrected chi connectivity index (χ3v) is 4.59. The number of nitrogens with zero attached hydrogens (tertiary/aromatic N) is 1. The molecule has 1 N–H and O–H groups in total. The topological polar surface area (TPSA) is 50.8 Å². The number of methoxy groups -OCH3 is 2. The molecule has 0 aliphatic carbocycles. The van der Waals surface area contributed by atoms with Crippen LogP contribution in [0.3, 0.4) is 0 Å². The first-order valence-corrected chi connectivity index (χ1v) is 8.55. The van der Waals surface area contributed by atoms with E-state index in [0.29, 0.717) is 12.2 Å². The molecule has 132 valence electrons. The molecule has 25 heavy (non-hydrogen) atoms. The van der Waals surface area contributed by atoms with Gasteiger partial charge in [-0.3, -0.25) is 4.79 Å². The van der Waals surface area contributed by atoms with Crippen LogP contribution < -0.4 is 19.7 Å². The standard InChI is InChI=1S/C20H24N2O3/c1-5-19(23)21-16-9-7-8-14-15-11-18(25-4)17(24-3)10-13(15)12-22(6-2)20(14)16/h7-11H,5-6,12H2,1-4H3,(H,21,23). The van der Waals surface area contributed by atoms with Gasteiger partial charge in [0.2, 0.25) is 5.91 Å². The Kier molecular flexibility index (Phi) is 4.83. The molecule has 2 aromatic carbocycles. The first-order chi connectivity index (χ1) is 12.1. The van der Waals surface area contributed by atoms with Crippen LogP contribution in [0, 0.1) is 0 Å². The Morgan fingerprint density at radius 3 is 2.48 bits per heavy atom. The maximum atomic E-state index is 11.9. The zero-order chi connectivity index (χ0) is 18.0. The van der Waals surface area contributed by atoms with Gasteiger partial charge in [-0.2, -0.15) is 0 Å². The SMILES string of the molecule is CCC(=O)Nc1cccc2c1N(CC)Cc1cc(OC)c(OC)cc1-2. The number of carbonyl (C=O) groups is 1. The molecule has 1 heterocycles. The molecule has 0 saturated heterocycles. The van der Waals surface area contributed by atoms with Crippen LogP contribution in [0.25, 0.3) is 11.1 Å². The van der Waals surface area contributed by atoms with Gasteiger partial charge in [-0.25, -0.2) is 0 Å². The van der Waals surface area contributed by atoms with E-state index >= 15 is 0 Å². The summed E-state index contributed by atoms with van der Waals surface area (Å²) in [5, 5.41) is 3.03. The highest BCUT2D eigenvalue weighted by atomic mass is 16.5. The van der Waals surface area contributed by atoms with E-state index in [0.717, 1.165) is 41.3 Å². The summed E-state index contributed by atoms with van der Waals surface area (Å²) in [6, 6.07) is 10.1. The Bertz CT molecular complexity index is 802. The second-order valence-corrected chi connectivity index (χ2v) is 5.98. The maximum Gasteiger partial charge on any atom is 0.224 e. The van der Waals surface area contributed by atoms with Gasteiger partial charge in [-0.15, -0.1) is 0 Å². The van der Waals surface area contributed by atoms with E-state index in [1.807, 2.05) is 31.2 Å². The number of fused-ring (bicyclic) bond motifs is 3. The smallest absolute Gasteiger partial charge is 0.224 e. The number of rotatable bonds is 5. The summed E-state index contributed by atoms with van der Waals surface area (Å²) < 4.78 is 10.9. The van der Waals surface area contributed by atoms with Crippen molar-refractivity contribution >= 4 is 17.3 Å². The van der Waals surface area contributed by atoms with Crippen LogP contribution in [0.15, 0.2) is 30.3 Å². The number of hydrogen-bond donors (Lipinski definition) is 1. The van der Waals surface area contributed by atoms with Crippen molar-refractivity contribution in [3.63, 3.8) is 0 Å². The number of para-hydroxylation sites is 1. The lowest BCUT2D eigenvalue weighted by Gasteiger charge is -2.34. The quantitative estimate of drug-likeness (QED) is 0.892. The van der Waals surface area contributed by atoms with Crippen LogP contribution in [0.5, 0.6) is 11.5 Å². The van der Waals surface area contributed by atoms with Crippen LogP contribution >= 0.6 is 0 Å². The number of ether oxygens (including phenoxy) is 2. The largest absolute Gasteiger partial charge is 0.493 e. The van der Waals surface area contributed by atoms with Gasteiger partial charge in [0, 0.05) is 25.1 Å². The second-order valence-electron chi connectivity index (χ2n) is 5.98. The number of amides is 1. The molecule has 0 radical (unpaired) electrons. The highest BCUT2D eigenvalue weighted by Crippen LogP contribution is 2.46. The summed E-state index contributed by atoms with van der Waals surface area (Å²) >= 11 is 0. The minimum absolute atomic E-state index is 0.0163. The molecule has 1 amide bonds.